The molecule has 294 valence electrons. The van der Waals surface area contributed by atoms with Crippen LogP contribution in [0.4, 0.5) is 0 Å². The molecule has 4 aromatic heterocycles. The maximum absolute atomic E-state index is 12.5. The molecule has 17 heteroatoms. The monoisotopic (exact) mass is 774 g/mol. The van der Waals surface area contributed by atoms with Crippen molar-refractivity contribution in [2.75, 3.05) is 41.3 Å². The molecular weight excluding hydrogens is 717 g/mol. The molecule has 15 nitrogen and oxygen atoms in total. The van der Waals surface area contributed by atoms with E-state index in [2.05, 4.69) is 87.7 Å². The Morgan fingerprint density at radius 2 is 1.13 bits per heavy atom. The van der Waals surface area contributed by atoms with Crippen LogP contribution in [0.5, 0.6) is 11.8 Å². The van der Waals surface area contributed by atoms with Crippen LogP contribution in [-0.2, 0) is 31.4 Å². The van der Waals surface area contributed by atoms with E-state index in [4.69, 9.17) is 27.8 Å². The van der Waals surface area contributed by atoms with E-state index in [1.807, 2.05) is 0 Å². The van der Waals surface area contributed by atoms with Crippen LogP contribution in [0.1, 0.15) is 41.5 Å². The van der Waals surface area contributed by atoms with Crippen molar-refractivity contribution in [1.29, 1.82) is 0 Å². The van der Waals surface area contributed by atoms with Crippen LogP contribution in [0.2, 0.25) is 36.3 Å². The lowest BCUT2D eigenvalue weighted by atomic mass is 10.2. The zero-order valence-electron chi connectivity index (χ0n) is 33.6. The van der Waals surface area contributed by atoms with Gasteiger partial charge in [-0.2, -0.15) is 9.97 Å². The van der Waals surface area contributed by atoms with E-state index >= 15 is 0 Å². The summed E-state index contributed by atoms with van der Waals surface area (Å²) in [6.07, 6.45) is 1.34. The number of aromatic nitrogens is 6. The minimum Gasteiger partial charge on any atom is -0.481 e. The van der Waals surface area contributed by atoms with Crippen molar-refractivity contribution in [2.24, 2.45) is 0 Å². The second kappa shape index (κ2) is 18.2. The molecule has 0 bridgehead atoms. The third kappa shape index (κ3) is 11.7. The molecule has 0 spiro atoms. The lowest BCUT2D eigenvalue weighted by molar-refractivity contribution is -0.0900. The van der Waals surface area contributed by atoms with Crippen LogP contribution in [-0.4, -0.2) is 104 Å². The van der Waals surface area contributed by atoms with E-state index in [0.29, 0.717) is 40.7 Å². The van der Waals surface area contributed by atoms with Crippen LogP contribution < -0.4 is 20.6 Å². The Morgan fingerprint density at radius 1 is 0.698 bits per heavy atom. The zero-order valence-corrected chi connectivity index (χ0v) is 35.6. The Bertz CT molecular complexity index is 1920. The highest BCUT2D eigenvalue weighted by molar-refractivity contribution is 6.74. The Morgan fingerprint density at radius 3 is 1.55 bits per heavy atom. The fourth-order valence-corrected chi connectivity index (χ4v) is 6.53. The fourth-order valence-electron chi connectivity index (χ4n) is 4.45. The molecule has 0 saturated heterocycles. The molecule has 0 aliphatic carbocycles. The molecule has 2 unspecified atom stereocenters. The number of pyridine rings is 2. The number of aliphatic hydroxyl groups excluding tert-OH is 1. The third-order valence-corrected chi connectivity index (χ3v) is 18.8. The maximum atomic E-state index is 12.5. The summed E-state index contributed by atoms with van der Waals surface area (Å²) in [5, 5.41) is 10.5. The normalized spacial score (nSPS) is 13.8. The third-order valence-electron chi connectivity index (χ3n) is 9.83. The standard InChI is InChI=1S/C19H31N3O5Si.C17H27N3O4Si/c1-19(2,3)28(6,7)27-12-14(26-13-24-4)11-22-17(23)10-20-15-8-9-16(25-5)21-18(15)22;1-17(2,3)25(5,6)24-11-12(21)10-20-15(22)9-18-13-7-8-14(23-4)19-16(13)20/h8-10,14H,11-13H2,1-7H3;7-9,12,21H,10-11H2,1-6H3. The van der Waals surface area contributed by atoms with Crippen molar-refractivity contribution < 1.29 is 32.9 Å². The lowest BCUT2D eigenvalue weighted by Crippen LogP contribution is -2.44. The van der Waals surface area contributed by atoms with Crippen LogP contribution in [0.3, 0.4) is 0 Å². The average Bonchev–Trinajstić information content (AvgIpc) is 3.09. The van der Waals surface area contributed by atoms with Gasteiger partial charge in [0.25, 0.3) is 11.1 Å². The number of methoxy groups -OCH3 is 3. The number of aliphatic hydroxyl groups is 1. The van der Waals surface area contributed by atoms with E-state index in [1.165, 1.54) is 31.2 Å². The Hall–Kier alpha value is -3.59. The number of hydrogen-bond donors (Lipinski definition) is 1. The Balaban J connectivity index is 0.000000287. The van der Waals surface area contributed by atoms with Gasteiger partial charge in [-0.15, -0.1) is 0 Å². The molecule has 0 fully saturated rings. The summed E-state index contributed by atoms with van der Waals surface area (Å²) in [6, 6.07) is 6.90. The summed E-state index contributed by atoms with van der Waals surface area (Å²) in [5.41, 5.74) is 1.43. The van der Waals surface area contributed by atoms with Crippen molar-refractivity contribution in [3.8, 4) is 11.8 Å². The molecule has 4 heterocycles. The highest BCUT2D eigenvalue weighted by atomic mass is 28.4. The molecule has 0 aliphatic heterocycles. The van der Waals surface area contributed by atoms with Crippen LogP contribution in [0.15, 0.2) is 46.2 Å². The van der Waals surface area contributed by atoms with Gasteiger partial charge in [-0.3, -0.25) is 18.7 Å². The van der Waals surface area contributed by atoms with Crippen molar-refractivity contribution in [1.82, 2.24) is 29.1 Å². The van der Waals surface area contributed by atoms with Gasteiger partial charge in [0.15, 0.2) is 27.9 Å². The van der Waals surface area contributed by atoms with Gasteiger partial charge in [-0.25, -0.2) is 9.97 Å². The van der Waals surface area contributed by atoms with Gasteiger partial charge in [0.1, 0.15) is 23.9 Å². The first-order valence-electron chi connectivity index (χ1n) is 17.5. The summed E-state index contributed by atoms with van der Waals surface area (Å²) in [5.74, 6) is 0.807. The summed E-state index contributed by atoms with van der Waals surface area (Å²) in [6.45, 7) is 22.6. The second-order valence-electron chi connectivity index (χ2n) is 15.8. The zero-order chi connectivity index (χ0) is 39.8. The molecule has 53 heavy (non-hydrogen) atoms. The average molecular weight is 775 g/mol. The number of nitrogens with zero attached hydrogens (tertiary/aromatic N) is 6. The van der Waals surface area contributed by atoms with E-state index in [9.17, 15) is 14.7 Å². The molecule has 0 amide bonds. The van der Waals surface area contributed by atoms with E-state index in [0.717, 1.165) is 0 Å². The van der Waals surface area contributed by atoms with Crippen LogP contribution in [0.25, 0.3) is 22.3 Å². The molecule has 0 aromatic carbocycles. The van der Waals surface area contributed by atoms with Crippen molar-refractivity contribution >= 4 is 39.0 Å². The van der Waals surface area contributed by atoms with Gasteiger partial charge < -0.3 is 32.9 Å². The van der Waals surface area contributed by atoms with E-state index < -0.39 is 22.7 Å². The molecule has 1 N–H and O–H groups in total. The maximum Gasteiger partial charge on any atom is 0.270 e. The first kappa shape index (κ1) is 43.8. The van der Waals surface area contributed by atoms with Crippen molar-refractivity contribution in [3.63, 3.8) is 0 Å². The Labute approximate surface area is 313 Å². The summed E-state index contributed by atoms with van der Waals surface area (Å²) >= 11 is 0. The minimum absolute atomic E-state index is 0.0574. The molecular formula is C36H58N6O9Si2. The highest BCUT2D eigenvalue weighted by Gasteiger charge is 2.38. The van der Waals surface area contributed by atoms with Gasteiger partial charge in [-0.05, 0) is 48.4 Å². The van der Waals surface area contributed by atoms with Crippen LogP contribution in [0, 0.1) is 0 Å². The number of fused-ring (bicyclic) bond motifs is 2. The predicted molar refractivity (Wildman–Crippen MR) is 210 cm³/mol. The van der Waals surface area contributed by atoms with Gasteiger partial charge in [0, 0.05) is 19.2 Å². The quantitative estimate of drug-likeness (QED) is 0.127. The van der Waals surface area contributed by atoms with Gasteiger partial charge in [0.2, 0.25) is 11.8 Å². The number of rotatable bonds is 15. The second-order valence-corrected chi connectivity index (χ2v) is 25.4. The van der Waals surface area contributed by atoms with Crippen LogP contribution >= 0.6 is 0 Å². The summed E-state index contributed by atoms with van der Waals surface area (Å²) in [4.78, 5) is 41.6. The topological polar surface area (TPSA) is 171 Å². The number of ether oxygens (including phenoxy) is 4. The lowest BCUT2D eigenvalue weighted by Gasteiger charge is -2.37. The molecule has 0 aliphatic rings. The smallest absolute Gasteiger partial charge is 0.270 e. The predicted octanol–water partition coefficient (Wildman–Crippen LogP) is 4.99. The molecule has 4 rings (SSSR count). The summed E-state index contributed by atoms with van der Waals surface area (Å²) < 4.78 is 36.5. The van der Waals surface area contributed by atoms with E-state index in [1.54, 1.807) is 35.9 Å². The fraction of sp³-hybridized carbons (Fsp3) is 0.611. The van der Waals surface area contributed by atoms with E-state index in [-0.39, 0.29) is 53.8 Å². The number of hydrogen-bond acceptors (Lipinski definition) is 13. The summed E-state index contributed by atoms with van der Waals surface area (Å²) in [7, 11) is 0.678. The molecule has 4 aromatic rings. The SMILES string of the molecule is COCOC(CO[Si](C)(C)C(C)(C)C)Cn1c(=O)cnc2ccc(OC)nc21.COc1ccc2ncc(=O)n(CC(O)CO[Si](C)(C)C(C)(C)C)c2n1. The first-order chi connectivity index (χ1) is 24.6. The largest absolute Gasteiger partial charge is 0.481 e. The molecule has 0 radical (unpaired) electrons. The van der Waals surface area contributed by atoms with Gasteiger partial charge in [0.05, 0.1) is 59.0 Å². The molecule has 0 saturated carbocycles. The minimum atomic E-state index is -1.96. The highest BCUT2D eigenvalue weighted by Crippen LogP contribution is 2.37. The van der Waals surface area contributed by atoms with Crippen molar-refractivity contribution in [2.45, 2.75) is 103 Å². The van der Waals surface area contributed by atoms with Gasteiger partial charge >= 0.3 is 0 Å². The van der Waals surface area contributed by atoms with Gasteiger partial charge in [-0.1, -0.05) is 41.5 Å². The van der Waals surface area contributed by atoms with Crippen molar-refractivity contribution in [3.05, 3.63) is 57.4 Å². The Kier molecular flexibility index (Phi) is 15.0. The molecule has 2 atom stereocenters. The first-order valence-corrected chi connectivity index (χ1v) is 23.3.